The third-order valence-electron chi connectivity index (χ3n) is 0.576. The van der Waals surface area contributed by atoms with Crippen LogP contribution < -0.4 is 0 Å². The number of rotatable bonds is 0. The van der Waals surface area contributed by atoms with Crippen LogP contribution in [-0.2, 0) is 0 Å². The third kappa shape index (κ3) is 3.88. The van der Waals surface area contributed by atoms with Crippen molar-refractivity contribution in [2.45, 2.75) is 0 Å². The predicted molar refractivity (Wildman–Crippen MR) is 37.8 cm³/mol. The topological polar surface area (TPSA) is 25.8 Å². The molecular formula is C4H2Cl2KN2. The summed E-state index contributed by atoms with van der Waals surface area (Å²) in [6.07, 6.45) is 2.85. The Labute approximate surface area is 105 Å². The predicted octanol–water partition coefficient (Wildman–Crippen LogP) is 1.40. The van der Waals surface area contributed by atoms with Crippen LogP contribution in [-0.4, -0.2) is 61.4 Å². The molecule has 5 heteroatoms. The van der Waals surface area contributed by atoms with Crippen LogP contribution in [0.15, 0.2) is 12.4 Å². The molecule has 0 unspecified atom stereocenters. The molecule has 0 bridgehead atoms. The summed E-state index contributed by atoms with van der Waals surface area (Å²) < 4.78 is 0. The number of aromatic nitrogens is 2. The average Bonchev–Trinajstić information content (AvgIpc) is 1.64. The van der Waals surface area contributed by atoms with Gasteiger partial charge in [-0.25, -0.2) is 4.98 Å². The molecule has 0 atom stereocenters. The minimum atomic E-state index is 0. The Kier molecular flexibility index (Phi) is 5.74. The summed E-state index contributed by atoms with van der Waals surface area (Å²) in [5.74, 6) is 0. The van der Waals surface area contributed by atoms with Crippen LogP contribution in [0.25, 0.3) is 0 Å². The van der Waals surface area contributed by atoms with Gasteiger partial charge in [0.2, 0.25) is 0 Å². The first-order chi connectivity index (χ1) is 3.79. The molecule has 9 heavy (non-hydrogen) atoms. The molecule has 1 heterocycles. The normalized spacial score (nSPS) is 8.22. The molecule has 0 amide bonds. The van der Waals surface area contributed by atoms with Crippen molar-refractivity contribution < 1.29 is 0 Å². The van der Waals surface area contributed by atoms with Crippen LogP contribution in [0.5, 0.6) is 0 Å². The Balaban J connectivity index is 0.000000640. The van der Waals surface area contributed by atoms with E-state index in [1.165, 1.54) is 12.4 Å². The maximum atomic E-state index is 5.39. The van der Waals surface area contributed by atoms with Crippen LogP contribution in [0.4, 0.5) is 0 Å². The van der Waals surface area contributed by atoms with Gasteiger partial charge in [-0.05, 0) is 0 Å². The first-order valence-corrected chi connectivity index (χ1v) is 2.67. The number of halogens is 2. The Morgan fingerprint density at radius 2 is 1.56 bits per heavy atom. The molecule has 0 fully saturated rings. The fourth-order valence-electron chi connectivity index (χ4n) is 0.320. The van der Waals surface area contributed by atoms with Gasteiger partial charge in [0.15, 0.2) is 0 Å². The summed E-state index contributed by atoms with van der Waals surface area (Å²) in [5.41, 5.74) is 0. The molecule has 0 aliphatic heterocycles. The minimum absolute atomic E-state index is 0. The molecule has 1 rings (SSSR count). The molecule has 0 aromatic carbocycles. The molecule has 1 aromatic heterocycles. The van der Waals surface area contributed by atoms with Gasteiger partial charge in [-0.1, -0.05) is 23.2 Å². The van der Waals surface area contributed by atoms with Gasteiger partial charge in [0.25, 0.3) is 0 Å². The van der Waals surface area contributed by atoms with Gasteiger partial charge in [-0.2, -0.15) is 0 Å². The Morgan fingerprint density at radius 3 is 1.78 bits per heavy atom. The van der Waals surface area contributed by atoms with Gasteiger partial charge < -0.3 is 0 Å². The fraction of sp³-hybridized carbons (Fsp3) is 0. The van der Waals surface area contributed by atoms with E-state index >= 15 is 0 Å². The van der Waals surface area contributed by atoms with Crippen LogP contribution in [0.3, 0.4) is 0 Å². The van der Waals surface area contributed by atoms with Crippen molar-refractivity contribution in [1.82, 2.24) is 9.97 Å². The van der Waals surface area contributed by atoms with E-state index in [1.54, 1.807) is 0 Å². The van der Waals surface area contributed by atoms with Crippen molar-refractivity contribution in [1.29, 1.82) is 0 Å². The van der Waals surface area contributed by atoms with E-state index < -0.39 is 0 Å². The standard InChI is InChI=1S/C4H2Cl2N2.K/c5-3-1-7-2-4(6)8-3;/h1-2H;. The van der Waals surface area contributed by atoms with Gasteiger partial charge >= 0.3 is 0 Å². The average molecular weight is 188 g/mol. The Morgan fingerprint density at radius 1 is 1.11 bits per heavy atom. The van der Waals surface area contributed by atoms with Gasteiger partial charge in [0.1, 0.15) is 10.3 Å². The van der Waals surface area contributed by atoms with Crippen molar-refractivity contribution in [3.05, 3.63) is 22.7 Å². The van der Waals surface area contributed by atoms with Crippen molar-refractivity contribution in [2.24, 2.45) is 0 Å². The van der Waals surface area contributed by atoms with E-state index in [2.05, 4.69) is 9.97 Å². The van der Waals surface area contributed by atoms with Crippen LogP contribution in [0.1, 0.15) is 0 Å². The zero-order valence-electron chi connectivity index (χ0n) is 4.81. The third-order valence-corrected chi connectivity index (χ3v) is 0.940. The quantitative estimate of drug-likeness (QED) is 0.575. The minimum Gasteiger partial charge on any atom is -0.258 e. The first kappa shape index (κ1) is 10.3. The maximum Gasteiger partial charge on any atom is 0.149 e. The maximum absolute atomic E-state index is 5.39. The largest absolute Gasteiger partial charge is 0.258 e. The fourth-order valence-corrected chi connectivity index (χ4v) is 0.658. The molecule has 0 N–H and O–H groups in total. The van der Waals surface area contributed by atoms with E-state index in [0.717, 1.165) is 0 Å². The van der Waals surface area contributed by atoms with E-state index in [-0.39, 0.29) is 51.4 Å². The Bertz CT molecular complexity index is 176. The van der Waals surface area contributed by atoms with E-state index in [0.29, 0.717) is 10.3 Å². The van der Waals surface area contributed by atoms with Crippen molar-refractivity contribution in [2.75, 3.05) is 0 Å². The summed E-state index contributed by atoms with van der Waals surface area (Å²) in [4.78, 5) is 7.30. The van der Waals surface area contributed by atoms with E-state index in [4.69, 9.17) is 23.2 Å². The Hall–Kier alpha value is 1.30. The van der Waals surface area contributed by atoms with Gasteiger partial charge in [-0.3, -0.25) is 4.98 Å². The van der Waals surface area contributed by atoms with Gasteiger partial charge in [0.05, 0.1) is 12.4 Å². The van der Waals surface area contributed by atoms with Gasteiger partial charge in [-0.15, -0.1) is 0 Å². The molecule has 0 saturated heterocycles. The number of hydrogen-bond acceptors (Lipinski definition) is 2. The van der Waals surface area contributed by atoms with Crippen molar-refractivity contribution >= 4 is 74.6 Å². The summed E-state index contributed by atoms with van der Waals surface area (Å²) in [6, 6.07) is 0. The monoisotopic (exact) mass is 187 g/mol. The second-order valence-corrected chi connectivity index (χ2v) is 1.94. The number of hydrogen-bond donors (Lipinski definition) is 0. The molecule has 43 valence electrons. The molecule has 2 nitrogen and oxygen atoms in total. The number of nitrogens with zero attached hydrogens (tertiary/aromatic N) is 2. The van der Waals surface area contributed by atoms with E-state index in [9.17, 15) is 0 Å². The molecule has 0 spiro atoms. The zero-order chi connectivity index (χ0) is 5.98. The first-order valence-electron chi connectivity index (χ1n) is 1.92. The SMILES string of the molecule is Clc1cncc(Cl)n1.[K]. The van der Waals surface area contributed by atoms with Crippen molar-refractivity contribution in [3.8, 4) is 0 Å². The second kappa shape index (κ2) is 5.01. The molecule has 1 aromatic rings. The zero-order valence-corrected chi connectivity index (χ0v) is 9.44. The second-order valence-electron chi connectivity index (χ2n) is 1.16. The smallest absolute Gasteiger partial charge is 0.149 e. The summed E-state index contributed by atoms with van der Waals surface area (Å²) in [5, 5.41) is 0.634. The van der Waals surface area contributed by atoms with Crippen LogP contribution >= 0.6 is 23.2 Å². The summed E-state index contributed by atoms with van der Waals surface area (Å²) >= 11 is 10.8. The summed E-state index contributed by atoms with van der Waals surface area (Å²) in [6.45, 7) is 0. The molecular weight excluding hydrogens is 186 g/mol. The van der Waals surface area contributed by atoms with Crippen LogP contribution in [0.2, 0.25) is 10.3 Å². The van der Waals surface area contributed by atoms with Gasteiger partial charge in [0, 0.05) is 51.4 Å². The van der Waals surface area contributed by atoms with E-state index in [1.807, 2.05) is 0 Å². The summed E-state index contributed by atoms with van der Waals surface area (Å²) in [7, 11) is 0. The van der Waals surface area contributed by atoms with Crippen LogP contribution in [0, 0.1) is 0 Å². The molecule has 0 aliphatic carbocycles. The van der Waals surface area contributed by atoms with Crippen molar-refractivity contribution in [3.63, 3.8) is 0 Å². The molecule has 1 radical (unpaired) electrons. The molecule has 0 saturated carbocycles. The molecule has 0 aliphatic rings.